The summed E-state index contributed by atoms with van der Waals surface area (Å²) >= 11 is 5.68. The van der Waals surface area contributed by atoms with Crippen LogP contribution in [0.25, 0.3) is 5.57 Å². The lowest BCUT2D eigenvalue weighted by atomic mass is 10.2. The average Bonchev–Trinajstić information content (AvgIpc) is 2.68. The van der Waals surface area contributed by atoms with Crippen molar-refractivity contribution in [3.63, 3.8) is 0 Å². The van der Waals surface area contributed by atoms with Crippen molar-refractivity contribution in [2.45, 2.75) is 12.0 Å². The Bertz CT molecular complexity index is 425. The summed E-state index contributed by atoms with van der Waals surface area (Å²) in [6, 6.07) is 1.70. The van der Waals surface area contributed by atoms with Crippen molar-refractivity contribution in [2.24, 2.45) is 4.99 Å². The zero-order chi connectivity index (χ0) is 10.7. The molecule has 0 saturated carbocycles. The van der Waals surface area contributed by atoms with Gasteiger partial charge >= 0.3 is 0 Å². The molecule has 1 aromatic rings. The van der Waals surface area contributed by atoms with Crippen molar-refractivity contribution >= 4 is 29.7 Å². The number of aldehydes is 1. The van der Waals surface area contributed by atoms with E-state index < -0.39 is 5.62 Å². The summed E-state index contributed by atoms with van der Waals surface area (Å²) in [6.45, 7) is 0. The second kappa shape index (κ2) is 4.27. The summed E-state index contributed by atoms with van der Waals surface area (Å²) in [5, 5.41) is 6.63. The van der Waals surface area contributed by atoms with Crippen LogP contribution in [0.3, 0.4) is 0 Å². The molecule has 0 fully saturated rings. The van der Waals surface area contributed by atoms with Gasteiger partial charge in [0, 0.05) is 24.1 Å². The van der Waals surface area contributed by atoms with Crippen molar-refractivity contribution in [3.05, 3.63) is 23.7 Å². The van der Waals surface area contributed by atoms with Crippen LogP contribution >= 0.6 is 11.6 Å². The summed E-state index contributed by atoms with van der Waals surface area (Å²) in [5.74, 6) is 0.530. The third-order valence-corrected chi connectivity index (χ3v) is 2.10. The minimum absolute atomic E-state index is 0.225. The molecule has 5 nitrogen and oxygen atoms in total. The van der Waals surface area contributed by atoms with Crippen LogP contribution in [0.5, 0.6) is 0 Å². The van der Waals surface area contributed by atoms with Crippen molar-refractivity contribution in [1.29, 1.82) is 0 Å². The number of carbonyl (C=O) groups is 1. The number of aliphatic imine (C=N–C) groups is 1. The fourth-order valence-corrected chi connectivity index (χ4v) is 1.27. The van der Waals surface area contributed by atoms with Crippen molar-refractivity contribution < 1.29 is 9.32 Å². The Balaban J connectivity index is 2.16. The lowest BCUT2D eigenvalue weighted by Gasteiger charge is -2.09. The van der Waals surface area contributed by atoms with Crippen LogP contribution in [0.1, 0.15) is 11.5 Å². The third kappa shape index (κ3) is 2.24. The number of aromatic nitrogens is 1. The van der Waals surface area contributed by atoms with E-state index in [0.717, 1.165) is 11.9 Å². The summed E-state index contributed by atoms with van der Waals surface area (Å²) < 4.78 is 4.94. The Hall–Kier alpha value is -1.62. The summed E-state index contributed by atoms with van der Waals surface area (Å²) in [6.07, 6.45) is 4.30. The lowest BCUT2D eigenvalue weighted by molar-refractivity contribution is -0.107. The molecule has 0 aromatic carbocycles. The molecule has 1 unspecified atom stereocenters. The number of allylic oxidation sites excluding steroid dienone is 1. The molecule has 0 spiro atoms. The van der Waals surface area contributed by atoms with Crippen LogP contribution in [0.4, 0.5) is 0 Å². The van der Waals surface area contributed by atoms with Crippen LogP contribution in [0.2, 0.25) is 0 Å². The standard InChI is InChI=1S/C9H8ClN3O2/c10-9-11-4-6(5-12-9)8-3-7(1-2-14)15-13-8/h2-5,9,11H,1H2. The van der Waals surface area contributed by atoms with Crippen LogP contribution in [-0.2, 0) is 11.2 Å². The van der Waals surface area contributed by atoms with Crippen LogP contribution in [0, 0.1) is 0 Å². The number of nitrogens with one attached hydrogen (secondary N) is 1. The Morgan fingerprint density at radius 3 is 3.20 bits per heavy atom. The molecule has 1 atom stereocenters. The van der Waals surface area contributed by atoms with E-state index in [9.17, 15) is 4.79 Å². The van der Waals surface area contributed by atoms with Crippen molar-refractivity contribution in [1.82, 2.24) is 10.5 Å². The molecule has 1 N–H and O–H groups in total. The van der Waals surface area contributed by atoms with Crippen LogP contribution < -0.4 is 5.32 Å². The molecule has 1 aliphatic heterocycles. The number of halogens is 1. The number of hydrogen-bond donors (Lipinski definition) is 1. The molecular formula is C9H8ClN3O2. The molecule has 0 bridgehead atoms. The van der Waals surface area contributed by atoms with Gasteiger partial charge in [-0.2, -0.15) is 0 Å². The first-order chi connectivity index (χ1) is 7.29. The topological polar surface area (TPSA) is 67.5 Å². The number of rotatable bonds is 3. The lowest BCUT2D eigenvalue weighted by Crippen LogP contribution is -2.19. The first-order valence-corrected chi connectivity index (χ1v) is 4.76. The zero-order valence-corrected chi connectivity index (χ0v) is 8.44. The Morgan fingerprint density at radius 1 is 1.67 bits per heavy atom. The molecule has 0 aliphatic carbocycles. The highest BCUT2D eigenvalue weighted by atomic mass is 35.5. The minimum Gasteiger partial charge on any atom is -0.360 e. The molecular weight excluding hydrogens is 218 g/mol. The maximum atomic E-state index is 10.2. The minimum atomic E-state index is -0.435. The quantitative estimate of drug-likeness (QED) is 0.473. The molecule has 0 radical (unpaired) electrons. The zero-order valence-electron chi connectivity index (χ0n) is 7.68. The van der Waals surface area contributed by atoms with E-state index in [1.165, 1.54) is 0 Å². The molecule has 2 rings (SSSR count). The summed E-state index contributed by atoms with van der Waals surface area (Å²) in [7, 11) is 0. The Kier molecular flexibility index (Phi) is 2.82. The SMILES string of the molecule is O=CCc1cc(C2=CNC(Cl)N=C2)no1. The fraction of sp³-hybridized carbons (Fsp3) is 0.222. The number of carbonyl (C=O) groups excluding carboxylic acids is 1. The average molecular weight is 226 g/mol. The van der Waals surface area contributed by atoms with Crippen LogP contribution in [-0.4, -0.2) is 23.3 Å². The van der Waals surface area contributed by atoms with E-state index in [1.54, 1.807) is 18.5 Å². The second-order valence-electron chi connectivity index (χ2n) is 2.93. The van der Waals surface area contributed by atoms with E-state index in [4.69, 9.17) is 16.1 Å². The van der Waals surface area contributed by atoms with E-state index in [0.29, 0.717) is 11.5 Å². The predicted molar refractivity (Wildman–Crippen MR) is 55.5 cm³/mol. The van der Waals surface area contributed by atoms with E-state index >= 15 is 0 Å². The molecule has 0 saturated heterocycles. The second-order valence-corrected chi connectivity index (χ2v) is 3.34. The van der Waals surface area contributed by atoms with E-state index in [2.05, 4.69) is 15.5 Å². The van der Waals surface area contributed by atoms with Gasteiger partial charge in [-0.15, -0.1) is 0 Å². The normalized spacial score (nSPS) is 19.5. The molecule has 1 aromatic heterocycles. The van der Waals surface area contributed by atoms with E-state index in [-0.39, 0.29) is 6.42 Å². The van der Waals surface area contributed by atoms with Gasteiger partial charge in [0.2, 0.25) is 0 Å². The Morgan fingerprint density at radius 2 is 2.53 bits per heavy atom. The van der Waals surface area contributed by atoms with Gasteiger partial charge in [-0.25, -0.2) is 0 Å². The van der Waals surface area contributed by atoms with Gasteiger partial charge in [-0.05, 0) is 0 Å². The first-order valence-electron chi connectivity index (χ1n) is 4.32. The van der Waals surface area contributed by atoms with Crippen molar-refractivity contribution in [2.75, 3.05) is 0 Å². The van der Waals surface area contributed by atoms with Gasteiger partial charge in [0.1, 0.15) is 17.7 Å². The van der Waals surface area contributed by atoms with Gasteiger partial charge in [0.25, 0.3) is 0 Å². The highest BCUT2D eigenvalue weighted by Gasteiger charge is 2.11. The fourth-order valence-electron chi connectivity index (χ4n) is 1.15. The number of hydrogen-bond acceptors (Lipinski definition) is 5. The summed E-state index contributed by atoms with van der Waals surface area (Å²) in [4.78, 5) is 14.2. The predicted octanol–water partition coefficient (Wildman–Crippen LogP) is 0.953. The third-order valence-electron chi connectivity index (χ3n) is 1.86. The summed E-state index contributed by atoms with van der Waals surface area (Å²) in [5.41, 5.74) is 0.967. The highest BCUT2D eigenvalue weighted by Crippen LogP contribution is 2.15. The van der Waals surface area contributed by atoms with E-state index in [1.807, 2.05) is 0 Å². The van der Waals surface area contributed by atoms with Gasteiger partial charge < -0.3 is 14.6 Å². The van der Waals surface area contributed by atoms with Crippen LogP contribution in [0.15, 0.2) is 21.8 Å². The molecule has 1 aliphatic rings. The van der Waals surface area contributed by atoms with Gasteiger partial charge in [-0.1, -0.05) is 16.8 Å². The van der Waals surface area contributed by atoms with Crippen molar-refractivity contribution in [3.8, 4) is 0 Å². The molecule has 0 amide bonds. The number of alkyl halides is 1. The van der Waals surface area contributed by atoms with Gasteiger partial charge in [0.05, 0.1) is 6.42 Å². The Labute approximate surface area is 90.8 Å². The maximum absolute atomic E-state index is 10.2. The molecule has 6 heteroatoms. The van der Waals surface area contributed by atoms with Gasteiger partial charge in [0.15, 0.2) is 5.62 Å². The highest BCUT2D eigenvalue weighted by molar-refractivity contribution is 6.22. The number of nitrogens with zero attached hydrogens (tertiary/aromatic N) is 2. The molecule has 78 valence electrons. The van der Waals surface area contributed by atoms with Gasteiger partial charge in [-0.3, -0.25) is 4.99 Å². The largest absolute Gasteiger partial charge is 0.360 e. The molecule has 15 heavy (non-hydrogen) atoms. The monoisotopic (exact) mass is 225 g/mol. The first kappa shape index (κ1) is 9.92. The molecule has 2 heterocycles. The maximum Gasteiger partial charge on any atom is 0.194 e. The smallest absolute Gasteiger partial charge is 0.194 e.